The van der Waals surface area contributed by atoms with Gasteiger partial charge in [-0.2, -0.15) is 0 Å². The molecule has 2 aliphatic heterocycles. The standard InChI is InChI=1S/C33H48O5Si/c1-25(29-19-14-21-33(38-29)22-20-26(37-33)24-35-30(34)31(2,3)4)23-36-39(32(5,6)7,27-15-10-8-11-16-27)28-17-12-9-13-18-28/h8-13,15-18,25-26,29H,14,19-24H2,1-7H3/t25-,26-,29-,33-/m0/s1. The maximum atomic E-state index is 12.2. The van der Waals surface area contributed by atoms with Gasteiger partial charge >= 0.3 is 5.97 Å². The van der Waals surface area contributed by atoms with E-state index in [1.165, 1.54) is 10.4 Å². The van der Waals surface area contributed by atoms with Crippen molar-refractivity contribution in [2.45, 2.75) is 104 Å². The van der Waals surface area contributed by atoms with Gasteiger partial charge in [-0.25, -0.2) is 0 Å². The van der Waals surface area contributed by atoms with Crippen molar-refractivity contribution in [1.29, 1.82) is 0 Å². The lowest BCUT2D eigenvalue weighted by Crippen LogP contribution is -2.67. The van der Waals surface area contributed by atoms with Gasteiger partial charge in [0.05, 0.1) is 17.6 Å². The van der Waals surface area contributed by atoms with Crippen molar-refractivity contribution < 1.29 is 23.4 Å². The van der Waals surface area contributed by atoms with Gasteiger partial charge in [-0.3, -0.25) is 4.79 Å². The molecule has 0 aromatic heterocycles. The Hall–Kier alpha value is -1.99. The van der Waals surface area contributed by atoms with E-state index in [1.54, 1.807) is 0 Å². The van der Waals surface area contributed by atoms with Crippen LogP contribution in [0, 0.1) is 11.3 Å². The van der Waals surface area contributed by atoms with Gasteiger partial charge in [0.2, 0.25) is 0 Å². The number of benzene rings is 2. The third-order valence-electron chi connectivity index (χ3n) is 8.27. The lowest BCUT2D eigenvalue weighted by Gasteiger charge is -2.45. The summed E-state index contributed by atoms with van der Waals surface area (Å²) in [7, 11) is -2.60. The van der Waals surface area contributed by atoms with Gasteiger partial charge in [0.25, 0.3) is 8.32 Å². The summed E-state index contributed by atoms with van der Waals surface area (Å²) in [5, 5.41) is 2.53. The van der Waals surface area contributed by atoms with Crippen molar-refractivity contribution in [2.75, 3.05) is 13.2 Å². The molecule has 5 nitrogen and oxygen atoms in total. The minimum absolute atomic E-state index is 0.0592. The summed E-state index contributed by atoms with van der Waals surface area (Å²) in [5.74, 6) is -0.554. The largest absolute Gasteiger partial charge is 0.463 e. The molecule has 0 aliphatic carbocycles. The van der Waals surface area contributed by atoms with Crippen LogP contribution in [0.2, 0.25) is 5.04 Å². The molecule has 0 radical (unpaired) electrons. The quantitative estimate of drug-likeness (QED) is 0.287. The van der Waals surface area contributed by atoms with Crippen LogP contribution >= 0.6 is 0 Å². The van der Waals surface area contributed by atoms with Crippen LogP contribution in [0.25, 0.3) is 0 Å². The molecule has 0 bridgehead atoms. The zero-order chi connectivity index (χ0) is 28.3. The summed E-state index contributed by atoms with van der Waals surface area (Å²) >= 11 is 0. The topological polar surface area (TPSA) is 54.0 Å². The van der Waals surface area contributed by atoms with Crippen LogP contribution in [0.5, 0.6) is 0 Å². The van der Waals surface area contributed by atoms with E-state index in [-0.39, 0.29) is 29.1 Å². The molecule has 2 saturated heterocycles. The van der Waals surface area contributed by atoms with Crippen LogP contribution in [0.4, 0.5) is 0 Å². The van der Waals surface area contributed by atoms with E-state index >= 15 is 0 Å². The van der Waals surface area contributed by atoms with E-state index in [2.05, 4.69) is 88.4 Å². The summed E-state index contributed by atoms with van der Waals surface area (Å²) in [5.41, 5.74) is -0.511. The second-order valence-corrected chi connectivity index (χ2v) is 17.8. The Bertz CT molecular complexity index is 1040. The SMILES string of the molecule is C[C@@H](CO[Si](c1ccccc1)(c1ccccc1)C(C)(C)C)[C@@H]1CCC[C@@]2(CC[C@@H](COC(=O)C(C)(C)C)O2)O1. The third-order valence-corrected chi connectivity index (χ3v) is 13.3. The zero-order valence-electron chi connectivity index (χ0n) is 25.0. The summed E-state index contributed by atoms with van der Waals surface area (Å²) in [6, 6.07) is 21.6. The van der Waals surface area contributed by atoms with Crippen molar-refractivity contribution in [1.82, 2.24) is 0 Å². The number of hydrogen-bond donors (Lipinski definition) is 0. The summed E-state index contributed by atoms with van der Waals surface area (Å²) < 4.78 is 25.9. The molecular weight excluding hydrogens is 504 g/mol. The van der Waals surface area contributed by atoms with Crippen LogP contribution in [0.3, 0.4) is 0 Å². The predicted octanol–water partition coefficient (Wildman–Crippen LogP) is 6.23. The molecule has 2 aliphatic rings. The van der Waals surface area contributed by atoms with Crippen LogP contribution in [-0.2, 0) is 23.4 Å². The first-order chi connectivity index (χ1) is 18.4. The van der Waals surface area contributed by atoms with Crippen LogP contribution in [0.15, 0.2) is 60.7 Å². The van der Waals surface area contributed by atoms with Crippen molar-refractivity contribution in [2.24, 2.45) is 11.3 Å². The highest BCUT2D eigenvalue weighted by molar-refractivity contribution is 6.99. The second kappa shape index (κ2) is 11.9. The van der Waals surface area contributed by atoms with Crippen LogP contribution < -0.4 is 10.4 Å². The van der Waals surface area contributed by atoms with Crippen molar-refractivity contribution in [3.8, 4) is 0 Å². The zero-order valence-corrected chi connectivity index (χ0v) is 26.0. The fraction of sp³-hybridized carbons (Fsp3) is 0.606. The lowest BCUT2D eigenvalue weighted by molar-refractivity contribution is -0.281. The molecule has 39 heavy (non-hydrogen) atoms. The number of ether oxygens (including phenoxy) is 3. The Morgan fingerprint density at radius 2 is 1.51 bits per heavy atom. The Morgan fingerprint density at radius 3 is 2.05 bits per heavy atom. The number of hydrogen-bond acceptors (Lipinski definition) is 5. The van der Waals surface area contributed by atoms with E-state index < -0.39 is 19.5 Å². The van der Waals surface area contributed by atoms with Gasteiger partial charge in [-0.1, -0.05) is 88.4 Å². The monoisotopic (exact) mass is 552 g/mol. The van der Waals surface area contributed by atoms with E-state index in [0.29, 0.717) is 13.2 Å². The van der Waals surface area contributed by atoms with E-state index in [0.717, 1.165) is 32.1 Å². The van der Waals surface area contributed by atoms with Crippen molar-refractivity contribution in [3.05, 3.63) is 60.7 Å². The first-order valence-electron chi connectivity index (χ1n) is 14.6. The molecule has 0 saturated carbocycles. The number of rotatable bonds is 8. The highest BCUT2D eigenvalue weighted by Gasteiger charge is 2.51. The fourth-order valence-electron chi connectivity index (χ4n) is 6.07. The van der Waals surface area contributed by atoms with Crippen LogP contribution in [0.1, 0.15) is 80.6 Å². The van der Waals surface area contributed by atoms with Crippen LogP contribution in [-0.4, -0.2) is 45.5 Å². The van der Waals surface area contributed by atoms with E-state index in [4.69, 9.17) is 18.6 Å². The minimum atomic E-state index is -2.60. The average Bonchev–Trinajstić information content (AvgIpc) is 3.29. The summed E-state index contributed by atoms with van der Waals surface area (Å²) in [6.45, 7) is 15.7. The molecule has 214 valence electrons. The molecule has 0 amide bonds. The third kappa shape index (κ3) is 6.67. The second-order valence-electron chi connectivity index (χ2n) is 13.5. The van der Waals surface area contributed by atoms with Crippen molar-refractivity contribution >= 4 is 24.7 Å². The molecule has 2 aromatic rings. The van der Waals surface area contributed by atoms with Gasteiger partial charge < -0.3 is 18.6 Å². The highest BCUT2D eigenvalue weighted by Crippen LogP contribution is 2.43. The number of carbonyl (C=O) groups is 1. The number of esters is 1. The molecule has 0 N–H and O–H groups in total. The van der Waals surface area contributed by atoms with Gasteiger partial charge in [0.15, 0.2) is 5.79 Å². The Kier molecular flexibility index (Phi) is 9.11. The molecule has 4 rings (SSSR count). The van der Waals surface area contributed by atoms with Crippen molar-refractivity contribution in [3.63, 3.8) is 0 Å². The summed E-state index contributed by atoms with van der Waals surface area (Å²) in [6.07, 6.45) is 4.57. The smallest absolute Gasteiger partial charge is 0.311 e. The number of carbonyl (C=O) groups excluding carboxylic acids is 1. The lowest BCUT2D eigenvalue weighted by atomic mass is 9.93. The highest BCUT2D eigenvalue weighted by atomic mass is 28.4. The molecule has 2 aromatic carbocycles. The maximum Gasteiger partial charge on any atom is 0.311 e. The average molecular weight is 553 g/mol. The predicted molar refractivity (Wildman–Crippen MR) is 159 cm³/mol. The molecule has 2 fully saturated rings. The first-order valence-corrected chi connectivity index (χ1v) is 16.5. The van der Waals surface area contributed by atoms with Gasteiger partial charge in [-0.05, 0) is 55.4 Å². The van der Waals surface area contributed by atoms with Gasteiger partial charge in [0.1, 0.15) is 6.61 Å². The molecule has 6 heteroatoms. The van der Waals surface area contributed by atoms with E-state index in [1.807, 2.05) is 20.8 Å². The normalized spacial score (nSPS) is 25.0. The Balaban J connectivity index is 1.46. The molecule has 0 unspecified atom stereocenters. The molecule has 4 atom stereocenters. The maximum absolute atomic E-state index is 12.2. The molecule has 2 heterocycles. The van der Waals surface area contributed by atoms with Gasteiger partial charge in [-0.15, -0.1) is 0 Å². The Labute approximate surface area is 236 Å². The Morgan fingerprint density at radius 1 is 0.923 bits per heavy atom. The first kappa shape index (κ1) is 30.0. The fourth-order valence-corrected chi connectivity index (χ4v) is 10.7. The van der Waals surface area contributed by atoms with E-state index in [9.17, 15) is 4.79 Å². The minimum Gasteiger partial charge on any atom is -0.463 e. The van der Waals surface area contributed by atoms with Gasteiger partial charge in [0, 0.05) is 25.4 Å². The summed E-state index contributed by atoms with van der Waals surface area (Å²) in [4.78, 5) is 12.2. The molecular formula is C33H48O5Si. The molecule has 1 spiro atoms.